The second-order valence-corrected chi connectivity index (χ2v) is 9.91. The Morgan fingerprint density at radius 3 is 2.52 bits per heavy atom. The molecule has 5 rings (SSSR count). The third kappa shape index (κ3) is 3.22. The van der Waals surface area contributed by atoms with E-state index in [-0.39, 0.29) is 5.41 Å². The zero-order chi connectivity index (χ0) is 21.9. The summed E-state index contributed by atoms with van der Waals surface area (Å²) in [5, 5.41) is 16.4. The molecule has 2 aliphatic rings. The highest BCUT2D eigenvalue weighted by Crippen LogP contribution is 2.44. The molecule has 0 radical (unpaired) electrons. The van der Waals surface area contributed by atoms with Crippen LogP contribution in [0.2, 0.25) is 0 Å². The summed E-state index contributed by atoms with van der Waals surface area (Å²) in [5.41, 5.74) is 1.15. The first-order valence-corrected chi connectivity index (χ1v) is 11.1. The fourth-order valence-corrected chi connectivity index (χ4v) is 5.09. The Morgan fingerprint density at radius 1 is 1.10 bits per heavy atom. The van der Waals surface area contributed by atoms with Gasteiger partial charge >= 0.3 is 0 Å². The van der Waals surface area contributed by atoms with E-state index in [0.29, 0.717) is 6.54 Å². The first kappa shape index (κ1) is 20.4. The van der Waals surface area contributed by atoms with E-state index in [1.165, 1.54) is 24.8 Å². The van der Waals surface area contributed by atoms with Crippen LogP contribution in [0.5, 0.6) is 0 Å². The molecule has 3 aromatic rings. The second kappa shape index (κ2) is 7.00. The number of benzene rings is 1. The first-order valence-electron chi connectivity index (χ1n) is 11.1. The van der Waals surface area contributed by atoms with Crippen molar-refractivity contribution in [3.05, 3.63) is 42.4 Å². The van der Waals surface area contributed by atoms with Crippen molar-refractivity contribution in [2.24, 2.45) is 0 Å². The predicted molar refractivity (Wildman–Crippen MR) is 121 cm³/mol. The van der Waals surface area contributed by atoms with E-state index in [4.69, 9.17) is 4.74 Å². The number of fused-ring (bicyclic) bond motifs is 1. The summed E-state index contributed by atoms with van der Waals surface area (Å²) in [4.78, 5) is 11.2. The minimum Gasteiger partial charge on any atom is -0.387 e. The molecular formula is C24H31N5O2. The van der Waals surface area contributed by atoms with Crippen LogP contribution in [-0.4, -0.2) is 56.3 Å². The molecule has 1 aromatic carbocycles. The molecule has 31 heavy (non-hydrogen) atoms. The fourth-order valence-electron chi connectivity index (χ4n) is 5.09. The maximum absolute atomic E-state index is 10.7. The summed E-state index contributed by atoms with van der Waals surface area (Å²) in [6.07, 6.45) is 7.99. The Morgan fingerprint density at radius 2 is 1.87 bits per heavy atom. The summed E-state index contributed by atoms with van der Waals surface area (Å²) < 4.78 is 7.69. The van der Waals surface area contributed by atoms with Crippen molar-refractivity contribution < 1.29 is 9.84 Å². The molecule has 7 heteroatoms. The van der Waals surface area contributed by atoms with Crippen molar-refractivity contribution in [1.82, 2.24) is 19.7 Å². The average Bonchev–Trinajstić information content (AvgIpc) is 3.36. The smallest absolute Gasteiger partial charge is 0.159 e. The van der Waals surface area contributed by atoms with Crippen molar-refractivity contribution in [2.75, 3.05) is 25.1 Å². The number of hydrogen-bond acceptors (Lipinski definition) is 6. The minimum atomic E-state index is -0.946. The number of methoxy groups -OCH3 is 1. The molecule has 0 bridgehead atoms. The Kier molecular flexibility index (Phi) is 4.61. The number of ether oxygens (including phenoxy) is 1. The molecule has 0 amide bonds. The van der Waals surface area contributed by atoms with E-state index in [1.807, 2.05) is 30.8 Å². The normalized spacial score (nSPS) is 23.3. The number of hydrogen-bond donors (Lipinski definition) is 1. The fraction of sp³-hybridized carbons (Fsp3) is 0.542. The zero-order valence-corrected chi connectivity index (χ0v) is 18.8. The van der Waals surface area contributed by atoms with E-state index in [9.17, 15) is 5.11 Å². The van der Waals surface area contributed by atoms with Gasteiger partial charge in [-0.05, 0) is 50.2 Å². The third-order valence-electron chi connectivity index (χ3n) is 7.64. The zero-order valence-electron chi connectivity index (χ0n) is 18.8. The van der Waals surface area contributed by atoms with Gasteiger partial charge in [0.15, 0.2) is 5.82 Å². The lowest BCUT2D eigenvalue weighted by Crippen LogP contribution is -2.53. The van der Waals surface area contributed by atoms with E-state index in [2.05, 4.69) is 45.1 Å². The number of aromatic nitrogens is 4. The van der Waals surface area contributed by atoms with Gasteiger partial charge in [0.1, 0.15) is 17.7 Å². The van der Waals surface area contributed by atoms with Crippen LogP contribution in [0.4, 0.5) is 5.82 Å². The van der Waals surface area contributed by atoms with Gasteiger partial charge < -0.3 is 14.7 Å². The van der Waals surface area contributed by atoms with Gasteiger partial charge in [0.05, 0.1) is 23.9 Å². The van der Waals surface area contributed by atoms with Crippen LogP contribution in [0.25, 0.3) is 16.7 Å². The summed E-state index contributed by atoms with van der Waals surface area (Å²) in [6, 6.07) is 8.64. The standard InChI is InChI=1S/C24H31N5O2/c1-22(2,30)24(31-4)10-11-28(15-24)20-13-21(26-16-25-20)29-19-12-18(23(3)8-5-9-23)7-6-17(19)14-27-29/h6-7,12-14,16,30H,5,8-11,15H2,1-4H3/t24-/m0/s1. The molecule has 164 valence electrons. The summed E-state index contributed by atoms with van der Waals surface area (Å²) >= 11 is 0. The molecule has 1 aliphatic heterocycles. The number of anilines is 1. The quantitative estimate of drug-likeness (QED) is 0.678. The second-order valence-electron chi connectivity index (χ2n) is 9.91. The molecule has 1 saturated heterocycles. The molecule has 1 N–H and O–H groups in total. The van der Waals surface area contributed by atoms with Gasteiger partial charge in [-0.3, -0.25) is 0 Å². The highest BCUT2D eigenvalue weighted by Gasteiger charge is 2.49. The topological polar surface area (TPSA) is 76.3 Å². The lowest BCUT2D eigenvalue weighted by molar-refractivity contribution is -0.138. The predicted octanol–water partition coefficient (Wildman–Crippen LogP) is 3.62. The van der Waals surface area contributed by atoms with Crippen molar-refractivity contribution in [3.63, 3.8) is 0 Å². The Hall–Kier alpha value is -2.51. The molecule has 0 unspecified atom stereocenters. The van der Waals surface area contributed by atoms with Crippen LogP contribution < -0.4 is 4.90 Å². The Bertz CT molecular complexity index is 1110. The van der Waals surface area contributed by atoms with Crippen molar-refractivity contribution in [2.45, 2.75) is 63.1 Å². The maximum Gasteiger partial charge on any atom is 0.159 e. The van der Waals surface area contributed by atoms with Crippen LogP contribution in [0.15, 0.2) is 36.8 Å². The van der Waals surface area contributed by atoms with Gasteiger partial charge in [-0.15, -0.1) is 0 Å². The third-order valence-corrected chi connectivity index (χ3v) is 7.64. The van der Waals surface area contributed by atoms with Crippen molar-refractivity contribution in [3.8, 4) is 5.82 Å². The SMILES string of the molecule is CO[C@@]1(C(C)(C)O)CCN(c2cc(-n3ncc4ccc(C5(C)CCC5)cc43)ncn2)C1. The van der Waals surface area contributed by atoms with Crippen LogP contribution >= 0.6 is 0 Å². The van der Waals surface area contributed by atoms with Crippen molar-refractivity contribution in [1.29, 1.82) is 0 Å². The maximum atomic E-state index is 10.7. The van der Waals surface area contributed by atoms with Gasteiger partial charge in [-0.1, -0.05) is 25.5 Å². The molecular weight excluding hydrogens is 390 g/mol. The molecule has 1 aliphatic carbocycles. The van der Waals surface area contributed by atoms with E-state index in [1.54, 1.807) is 13.4 Å². The highest BCUT2D eigenvalue weighted by atomic mass is 16.5. The van der Waals surface area contributed by atoms with Crippen molar-refractivity contribution >= 4 is 16.7 Å². The monoisotopic (exact) mass is 421 g/mol. The number of aliphatic hydroxyl groups is 1. The van der Waals surface area contributed by atoms with Gasteiger partial charge in [-0.25, -0.2) is 14.6 Å². The summed E-state index contributed by atoms with van der Waals surface area (Å²) in [5.74, 6) is 1.56. The van der Waals surface area contributed by atoms with Gasteiger partial charge in [0.25, 0.3) is 0 Å². The lowest BCUT2D eigenvalue weighted by Gasteiger charge is -2.39. The van der Waals surface area contributed by atoms with E-state index >= 15 is 0 Å². The highest BCUT2D eigenvalue weighted by molar-refractivity contribution is 5.81. The van der Waals surface area contributed by atoms with E-state index < -0.39 is 11.2 Å². The van der Waals surface area contributed by atoms with Crippen LogP contribution in [0.3, 0.4) is 0 Å². The molecule has 3 heterocycles. The van der Waals surface area contributed by atoms with Crippen LogP contribution in [0, 0.1) is 0 Å². The molecule has 1 saturated carbocycles. The van der Waals surface area contributed by atoms with Crippen LogP contribution in [-0.2, 0) is 10.2 Å². The number of rotatable bonds is 5. The molecule has 2 fully saturated rings. The minimum absolute atomic E-state index is 0.274. The summed E-state index contributed by atoms with van der Waals surface area (Å²) in [7, 11) is 1.67. The molecule has 7 nitrogen and oxygen atoms in total. The summed E-state index contributed by atoms with van der Waals surface area (Å²) in [6.45, 7) is 7.30. The molecule has 2 aromatic heterocycles. The first-order chi connectivity index (χ1) is 14.7. The van der Waals surface area contributed by atoms with Gasteiger partial charge in [0.2, 0.25) is 0 Å². The van der Waals surface area contributed by atoms with Crippen LogP contribution in [0.1, 0.15) is 52.0 Å². The number of nitrogens with zero attached hydrogens (tertiary/aromatic N) is 5. The van der Waals surface area contributed by atoms with E-state index in [0.717, 1.165) is 35.5 Å². The largest absolute Gasteiger partial charge is 0.387 e. The van der Waals surface area contributed by atoms with Gasteiger partial charge in [0, 0.05) is 25.1 Å². The Labute approximate surface area is 183 Å². The Balaban J connectivity index is 1.49. The van der Waals surface area contributed by atoms with Gasteiger partial charge in [-0.2, -0.15) is 5.10 Å². The molecule has 1 atom stereocenters. The lowest BCUT2D eigenvalue weighted by atomic mass is 9.66. The average molecular weight is 422 g/mol. The molecule has 0 spiro atoms.